The van der Waals surface area contributed by atoms with E-state index >= 15 is 0 Å². The summed E-state index contributed by atoms with van der Waals surface area (Å²) in [5.74, 6) is -0.00624. The van der Waals surface area contributed by atoms with Gasteiger partial charge in [-0.15, -0.1) is 0 Å². The maximum Gasteiger partial charge on any atom is 0.230 e. The zero-order valence-electron chi connectivity index (χ0n) is 8.43. The van der Waals surface area contributed by atoms with Crippen molar-refractivity contribution in [1.82, 2.24) is 14.5 Å². The molecule has 15 heavy (non-hydrogen) atoms. The summed E-state index contributed by atoms with van der Waals surface area (Å²) >= 11 is 0. The van der Waals surface area contributed by atoms with Crippen molar-refractivity contribution in [1.29, 1.82) is 0 Å². The van der Waals surface area contributed by atoms with Crippen molar-refractivity contribution in [3.8, 4) is 0 Å². The van der Waals surface area contributed by atoms with Gasteiger partial charge in [0.2, 0.25) is 5.91 Å². The molecule has 1 saturated heterocycles. The summed E-state index contributed by atoms with van der Waals surface area (Å²) in [6.07, 6.45) is 6.30. The number of nitrogens with zero attached hydrogens (tertiary/aromatic N) is 3. The van der Waals surface area contributed by atoms with E-state index in [2.05, 4.69) is 4.98 Å². The third-order valence-corrected chi connectivity index (χ3v) is 2.47. The van der Waals surface area contributed by atoms with E-state index < -0.39 is 0 Å². The number of aryl methyl sites for hydroxylation is 1. The Labute approximate surface area is 87.7 Å². The third kappa shape index (κ3) is 2.43. The van der Waals surface area contributed by atoms with Gasteiger partial charge >= 0.3 is 0 Å². The van der Waals surface area contributed by atoms with Crippen LogP contribution in [0.25, 0.3) is 0 Å². The summed E-state index contributed by atoms with van der Waals surface area (Å²) in [4.78, 5) is 27.8. The summed E-state index contributed by atoms with van der Waals surface area (Å²) < 4.78 is 1.96. The van der Waals surface area contributed by atoms with Crippen molar-refractivity contribution < 1.29 is 9.59 Å². The molecule has 0 atom stereocenters. The van der Waals surface area contributed by atoms with E-state index in [1.54, 1.807) is 17.4 Å². The smallest absolute Gasteiger partial charge is 0.230 e. The molecule has 1 aromatic heterocycles. The number of imidazole rings is 1. The van der Waals surface area contributed by atoms with Crippen LogP contribution < -0.4 is 0 Å². The van der Waals surface area contributed by atoms with Crippen LogP contribution in [-0.2, 0) is 16.1 Å². The number of ketones is 1. The number of carbonyl (C=O) groups is 2. The van der Waals surface area contributed by atoms with Gasteiger partial charge in [0.15, 0.2) is 5.78 Å². The molecule has 0 aromatic carbocycles. The molecule has 0 aliphatic carbocycles. The molecule has 0 unspecified atom stereocenters. The standard InChI is InChI=1S/C10H13N3O2/c14-9-6-10(15)13(7-9)4-1-3-12-5-2-11-8-12/h2,5,8H,1,3-4,6-7H2. The number of likely N-dealkylation sites (tertiary alicyclic amines) is 1. The lowest BCUT2D eigenvalue weighted by molar-refractivity contribution is -0.127. The molecule has 80 valence electrons. The van der Waals surface area contributed by atoms with Crippen LogP contribution in [0.1, 0.15) is 12.8 Å². The monoisotopic (exact) mass is 207 g/mol. The Morgan fingerprint density at radius 1 is 1.33 bits per heavy atom. The Kier molecular flexibility index (Phi) is 2.80. The summed E-state index contributed by atoms with van der Waals surface area (Å²) in [6.45, 7) is 1.78. The van der Waals surface area contributed by atoms with E-state index in [-0.39, 0.29) is 18.1 Å². The van der Waals surface area contributed by atoms with Gasteiger partial charge in [-0.05, 0) is 6.42 Å². The first-order chi connectivity index (χ1) is 7.25. The van der Waals surface area contributed by atoms with Crippen LogP contribution >= 0.6 is 0 Å². The summed E-state index contributed by atoms with van der Waals surface area (Å²) in [7, 11) is 0. The lowest BCUT2D eigenvalue weighted by atomic mass is 10.3. The predicted octanol–water partition coefficient (Wildman–Crippen LogP) is 0.0746. The summed E-state index contributed by atoms with van der Waals surface area (Å²) in [5.41, 5.74) is 0. The van der Waals surface area contributed by atoms with Crippen molar-refractivity contribution in [2.24, 2.45) is 0 Å². The number of amides is 1. The first-order valence-corrected chi connectivity index (χ1v) is 5.01. The maximum atomic E-state index is 11.3. The molecule has 1 amide bonds. The third-order valence-electron chi connectivity index (χ3n) is 2.47. The van der Waals surface area contributed by atoms with E-state index in [1.165, 1.54) is 0 Å². The second kappa shape index (κ2) is 4.25. The maximum absolute atomic E-state index is 11.3. The molecule has 0 saturated carbocycles. The molecular weight excluding hydrogens is 194 g/mol. The Morgan fingerprint density at radius 3 is 2.80 bits per heavy atom. The average Bonchev–Trinajstić information content (AvgIpc) is 2.77. The Morgan fingerprint density at radius 2 is 2.20 bits per heavy atom. The van der Waals surface area contributed by atoms with Gasteiger partial charge in [0.05, 0.1) is 19.3 Å². The number of carbonyl (C=O) groups excluding carboxylic acids is 2. The minimum absolute atomic E-state index is 0.0302. The second-order valence-corrected chi connectivity index (χ2v) is 3.68. The molecular formula is C10H13N3O2. The highest BCUT2D eigenvalue weighted by atomic mass is 16.2. The molecule has 1 aliphatic rings. The molecule has 0 spiro atoms. The fourth-order valence-corrected chi connectivity index (χ4v) is 1.70. The van der Waals surface area contributed by atoms with Gasteiger partial charge in [-0.25, -0.2) is 4.98 Å². The quantitative estimate of drug-likeness (QED) is 0.657. The molecule has 0 bridgehead atoms. The number of hydrogen-bond acceptors (Lipinski definition) is 3. The first-order valence-electron chi connectivity index (χ1n) is 5.01. The SMILES string of the molecule is O=C1CC(=O)N(CCCn2ccnc2)C1. The summed E-state index contributed by atoms with van der Waals surface area (Å²) in [6, 6.07) is 0. The fraction of sp³-hybridized carbons (Fsp3) is 0.500. The van der Waals surface area contributed by atoms with Gasteiger partial charge in [-0.3, -0.25) is 9.59 Å². The van der Waals surface area contributed by atoms with Crippen LogP contribution in [0.3, 0.4) is 0 Å². The van der Waals surface area contributed by atoms with Crippen molar-refractivity contribution in [3.63, 3.8) is 0 Å². The van der Waals surface area contributed by atoms with Crippen LogP contribution in [0, 0.1) is 0 Å². The van der Waals surface area contributed by atoms with Gasteiger partial charge < -0.3 is 9.47 Å². The molecule has 1 aromatic rings. The molecule has 1 aliphatic heterocycles. The van der Waals surface area contributed by atoms with E-state index in [9.17, 15) is 9.59 Å². The van der Waals surface area contributed by atoms with E-state index in [1.807, 2.05) is 10.8 Å². The normalized spacial score (nSPS) is 16.4. The van der Waals surface area contributed by atoms with Crippen LogP contribution in [-0.4, -0.2) is 39.2 Å². The molecule has 2 heterocycles. The number of hydrogen-bond donors (Lipinski definition) is 0. The molecule has 0 N–H and O–H groups in total. The lowest BCUT2D eigenvalue weighted by Gasteiger charge is -2.13. The van der Waals surface area contributed by atoms with Gasteiger partial charge in [0, 0.05) is 25.5 Å². The minimum Gasteiger partial charge on any atom is -0.337 e. The fourth-order valence-electron chi connectivity index (χ4n) is 1.70. The topological polar surface area (TPSA) is 55.2 Å². The number of Topliss-reactive ketones (excluding diaryl/α,β-unsaturated/α-hetero) is 1. The Balaban J connectivity index is 1.74. The van der Waals surface area contributed by atoms with Crippen LogP contribution in [0.5, 0.6) is 0 Å². The molecule has 5 nitrogen and oxygen atoms in total. The highest BCUT2D eigenvalue weighted by molar-refractivity contribution is 6.05. The van der Waals surface area contributed by atoms with E-state index in [4.69, 9.17) is 0 Å². The zero-order chi connectivity index (χ0) is 10.7. The largest absolute Gasteiger partial charge is 0.337 e. The van der Waals surface area contributed by atoms with Gasteiger partial charge in [0.25, 0.3) is 0 Å². The Hall–Kier alpha value is -1.65. The second-order valence-electron chi connectivity index (χ2n) is 3.68. The van der Waals surface area contributed by atoms with Crippen LogP contribution in [0.2, 0.25) is 0 Å². The highest BCUT2D eigenvalue weighted by Crippen LogP contribution is 2.07. The lowest BCUT2D eigenvalue weighted by Crippen LogP contribution is -2.27. The number of rotatable bonds is 4. The number of aromatic nitrogens is 2. The van der Waals surface area contributed by atoms with Crippen molar-refractivity contribution >= 4 is 11.7 Å². The molecule has 1 fully saturated rings. The zero-order valence-corrected chi connectivity index (χ0v) is 8.43. The minimum atomic E-state index is -0.0365. The van der Waals surface area contributed by atoms with Crippen LogP contribution in [0.4, 0.5) is 0 Å². The van der Waals surface area contributed by atoms with Crippen molar-refractivity contribution in [3.05, 3.63) is 18.7 Å². The van der Waals surface area contributed by atoms with E-state index in [0.717, 1.165) is 13.0 Å². The van der Waals surface area contributed by atoms with Gasteiger partial charge in [-0.1, -0.05) is 0 Å². The summed E-state index contributed by atoms with van der Waals surface area (Å²) in [5, 5.41) is 0. The highest BCUT2D eigenvalue weighted by Gasteiger charge is 2.26. The van der Waals surface area contributed by atoms with Crippen molar-refractivity contribution in [2.75, 3.05) is 13.1 Å². The van der Waals surface area contributed by atoms with Gasteiger partial charge in [0.1, 0.15) is 0 Å². The molecule has 5 heteroatoms. The van der Waals surface area contributed by atoms with E-state index in [0.29, 0.717) is 13.1 Å². The first kappa shape index (κ1) is 9.89. The predicted molar refractivity (Wildman–Crippen MR) is 53.0 cm³/mol. The average molecular weight is 207 g/mol. The Bertz CT molecular complexity index is 359. The molecule has 0 radical (unpaired) electrons. The molecule has 2 rings (SSSR count). The van der Waals surface area contributed by atoms with Gasteiger partial charge in [-0.2, -0.15) is 0 Å². The van der Waals surface area contributed by atoms with Crippen LogP contribution in [0.15, 0.2) is 18.7 Å². The van der Waals surface area contributed by atoms with Crippen molar-refractivity contribution in [2.45, 2.75) is 19.4 Å².